The van der Waals surface area contributed by atoms with Crippen molar-refractivity contribution in [2.24, 2.45) is 0 Å². The predicted octanol–water partition coefficient (Wildman–Crippen LogP) is 11.8. The summed E-state index contributed by atoms with van der Waals surface area (Å²) in [6.45, 7) is 0. The first-order valence-corrected chi connectivity index (χ1v) is 21.4. The summed E-state index contributed by atoms with van der Waals surface area (Å²) in [4.78, 5) is 14.9. The van der Waals surface area contributed by atoms with E-state index in [1.54, 1.807) is 0 Å². The van der Waals surface area contributed by atoms with Gasteiger partial charge in [-0.1, -0.05) is 188 Å². The maximum atomic E-state index is 16.0. The van der Waals surface area contributed by atoms with Crippen molar-refractivity contribution >= 4 is 34.0 Å². The van der Waals surface area contributed by atoms with Crippen LogP contribution in [0.5, 0.6) is 0 Å². The Morgan fingerprint density at radius 2 is 0.864 bits per heavy atom. The van der Waals surface area contributed by atoms with Gasteiger partial charge in [-0.3, -0.25) is 0 Å². The zero-order valence-corrected chi connectivity index (χ0v) is 32.7. The van der Waals surface area contributed by atoms with Gasteiger partial charge in [0.1, 0.15) is 0 Å². The van der Waals surface area contributed by atoms with Gasteiger partial charge in [0.05, 0.1) is 11.2 Å². The lowest BCUT2D eigenvalue weighted by atomic mass is 9.98. The van der Waals surface area contributed by atoms with Gasteiger partial charge in [-0.15, -0.1) is 0 Å². The summed E-state index contributed by atoms with van der Waals surface area (Å²) in [5.41, 5.74) is 11.0. The Labute approximate surface area is 342 Å². The Morgan fingerprint density at radius 1 is 0.390 bits per heavy atom. The van der Waals surface area contributed by atoms with Gasteiger partial charge in [-0.05, 0) is 41.0 Å². The molecule has 0 saturated carbocycles. The number of para-hydroxylation sites is 1. The van der Waals surface area contributed by atoms with E-state index in [9.17, 15) is 0 Å². The molecule has 0 radical (unpaired) electrons. The van der Waals surface area contributed by atoms with Crippen molar-refractivity contribution in [1.82, 2.24) is 19.5 Å². The standard InChI is InChI=1S/C53H35N4OP/c58-59(42-26-8-3-9-27-42)47-32-14-11-29-44(47)49-43-28-10-13-31-46(43)57(50(49)45-30-12-15-33-48(45)59)41-25-17-23-39(35-41)38-22-16-24-40(34-38)53-55-51(36-18-4-1-5-19-36)54-52(56-53)37-20-6-2-7-21-37/h1-35H. The van der Waals surface area contributed by atoms with E-state index in [2.05, 4.69) is 114 Å². The van der Waals surface area contributed by atoms with Gasteiger partial charge in [0.2, 0.25) is 0 Å². The predicted molar refractivity (Wildman–Crippen MR) is 242 cm³/mol. The van der Waals surface area contributed by atoms with Crippen LogP contribution in [0, 0.1) is 0 Å². The van der Waals surface area contributed by atoms with Gasteiger partial charge in [0.15, 0.2) is 24.6 Å². The second kappa shape index (κ2) is 14.2. The molecule has 0 amide bonds. The van der Waals surface area contributed by atoms with Crippen LogP contribution in [0.25, 0.3) is 84.3 Å². The second-order valence-electron chi connectivity index (χ2n) is 14.7. The molecule has 11 rings (SSSR count). The highest BCUT2D eigenvalue weighted by Crippen LogP contribution is 2.54. The SMILES string of the molecule is O=P1(c2ccccc2)c2ccccc2-c2c(n(-c3cccc(-c4cccc(-c5nc(-c6ccccc6)nc(-c6ccccc6)n5)c4)c3)c3ccccc23)-c2ccccc21. The summed E-state index contributed by atoms with van der Waals surface area (Å²) in [7, 11) is -3.30. The number of fused-ring (bicyclic) bond motifs is 7. The van der Waals surface area contributed by atoms with E-state index < -0.39 is 7.14 Å². The Bertz CT molecular complexity index is 3190. The summed E-state index contributed by atoms with van der Waals surface area (Å²) in [6, 6.07) is 72.3. The number of benzene rings is 8. The number of nitrogens with zero attached hydrogens (tertiary/aromatic N) is 4. The summed E-state index contributed by atoms with van der Waals surface area (Å²) in [5, 5.41) is 3.63. The number of hydrogen-bond donors (Lipinski definition) is 0. The van der Waals surface area contributed by atoms with Crippen molar-refractivity contribution in [2.75, 3.05) is 0 Å². The van der Waals surface area contributed by atoms with Crippen LogP contribution < -0.4 is 15.9 Å². The Morgan fingerprint density at radius 3 is 1.54 bits per heavy atom. The Balaban J connectivity index is 1.10. The first-order chi connectivity index (χ1) is 29.1. The minimum atomic E-state index is -3.30. The topological polar surface area (TPSA) is 60.7 Å². The maximum absolute atomic E-state index is 16.0. The molecule has 59 heavy (non-hydrogen) atoms. The third-order valence-corrected chi connectivity index (χ3v) is 14.4. The van der Waals surface area contributed by atoms with Crippen LogP contribution in [0.15, 0.2) is 212 Å². The molecular weight excluding hydrogens is 740 g/mol. The number of aromatic nitrogens is 4. The monoisotopic (exact) mass is 774 g/mol. The third-order valence-electron chi connectivity index (χ3n) is 11.3. The van der Waals surface area contributed by atoms with Gasteiger partial charge < -0.3 is 9.13 Å². The van der Waals surface area contributed by atoms with E-state index in [4.69, 9.17) is 15.0 Å². The molecule has 0 fully saturated rings. The van der Waals surface area contributed by atoms with Crippen LogP contribution >= 0.6 is 7.14 Å². The molecule has 5 nitrogen and oxygen atoms in total. The molecule has 278 valence electrons. The molecule has 2 aromatic heterocycles. The van der Waals surface area contributed by atoms with Crippen molar-refractivity contribution in [3.05, 3.63) is 212 Å². The van der Waals surface area contributed by atoms with E-state index in [-0.39, 0.29) is 0 Å². The zero-order chi connectivity index (χ0) is 39.3. The molecule has 8 aromatic carbocycles. The Kier molecular flexibility index (Phi) is 8.35. The fourth-order valence-electron chi connectivity index (χ4n) is 8.59. The van der Waals surface area contributed by atoms with E-state index in [1.165, 1.54) is 0 Å². The lowest BCUT2D eigenvalue weighted by Crippen LogP contribution is -2.26. The van der Waals surface area contributed by atoms with Crippen LogP contribution in [0.1, 0.15) is 0 Å². The summed E-state index contributed by atoms with van der Waals surface area (Å²) in [5.74, 6) is 1.86. The quantitative estimate of drug-likeness (QED) is 0.158. The van der Waals surface area contributed by atoms with Crippen LogP contribution in [0.3, 0.4) is 0 Å². The summed E-state index contributed by atoms with van der Waals surface area (Å²) in [6.07, 6.45) is 0. The first kappa shape index (κ1) is 34.8. The largest absolute Gasteiger partial charge is 0.309 e. The molecule has 0 spiro atoms. The van der Waals surface area contributed by atoms with Gasteiger partial charge in [-0.2, -0.15) is 0 Å². The molecule has 0 N–H and O–H groups in total. The lowest BCUT2D eigenvalue weighted by molar-refractivity contribution is 0.592. The molecule has 6 heteroatoms. The van der Waals surface area contributed by atoms with E-state index in [0.717, 1.165) is 82.7 Å². The smallest absolute Gasteiger partial charge is 0.172 e. The van der Waals surface area contributed by atoms with Crippen molar-refractivity contribution in [2.45, 2.75) is 0 Å². The average molecular weight is 775 g/mol. The van der Waals surface area contributed by atoms with Crippen LogP contribution in [-0.2, 0) is 4.57 Å². The van der Waals surface area contributed by atoms with Gasteiger partial charge in [0.25, 0.3) is 0 Å². The molecule has 0 bridgehead atoms. The fraction of sp³-hybridized carbons (Fsp3) is 0. The lowest BCUT2D eigenvalue weighted by Gasteiger charge is -2.22. The molecular formula is C53H35N4OP. The zero-order valence-electron chi connectivity index (χ0n) is 31.9. The first-order valence-electron chi connectivity index (χ1n) is 19.7. The Hall–Kier alpha value is -7.46. The van der Waals surface area contributed by atoms with Gasteiger partial charge in [0, 0.05) is 54.8 Å². The molecule has 0 aliphatic carbocycles. The summed E-state index contributed by atoms with van der Waals surface area (Å²) >= 11 is 0. The van der Waals surface area contributed by atoms with Crippen molar-refractivity contribution in [3.8, 4) is 73.4 Å². The highest BCUT2D eigenvalue weighted by atomic mass is 31.2. The molecule has 1 atom stereocenters. The molecule has 3 heterocycles. The van der Waals surface area contributed by atoms with Crippen molar-refractivity contribution in [3.63, 3.8) is 0 Å². The summed E-state index contributed by atoms with van der Waals surface area (Å²) < 4.78 is 18.4. The van der Waals surface area contributed by atoms with Crippen molar-refractivity contribution < 1.29 is 4.57 Å². The number of hydrogen-bond acceptors (Lipinski definition) is 4. The van der Waals surface area contributed by atoms with Crippen LogP contribution in [-0.4, -0.2) is 19.5 Å². The molecule has 1 unspecified atom stereocenters. The third kappa shape index (κ3) is 5.78. The van der Waals surface area contributed by atoms with Crippen LogP contribution in [0.2, 0.25) is 0 Å². The number of rotatable bonds is 6. The normalized spacial score (nSPS) is 14.2. The molecule has 10 aromatic rings. The van der Waals surface area contributed by atoms with Crippen LogP contribution in [0.4, 0.5) is 0 Å². The van der Waals surface area contributed by atoms with E-state index in [1.807, 2.05) is 103 Å². The molecule has 1 aliphatic rings. The van der Waals surface area contributed by atoms with Gasteiger partial charge in [-0.25, -0.2) is 15.0 Å². The van der Waals surface area contributed by atoms with E-state index >= 15 is 4.57 Å². The molecule has 1 aliphatic heterocycles. The highest BCUT2D eigenvalue weighted by molar-refractivity contribution is 7.85. The maximum Gasteiger partial charge on any atom is 0.172 e. The van der Waals surface area contributed by atoms with Crippen molar-refractivity contribution in [1.29, 1.82) is 0 Å². The minimum absolute atomic E-state index is 0.607. The van der Waals surface area contributed by atoms with Gasteiger partial charge >= 0.3 is 0 Å². The highest BCUT2D eigenvalue weighted by Gasteiger charge is 2.39. The molecule has 0 saturated heterocycles. The fourth-order valence-corrected chi connectivity index (χ4v) is 11.6. The van der Waals surface area contributed by atoms with E-state index in [0.29, 0.717) is 17.5 Å². The minimum Gasteiger partial charge on any atom is -0.309 e. The average Bonchev–Trinajstić information content (AvgIpc) is 3.63. The second-order valence-corrected chi connectivity index (χ2v) is 17.4.